The molecule has 1 aliphatic rings. The van der Waals surface area contributed by atoms with E-state index in [-0.39, 0.29) is 6.23 Å². The molecule has 3 nitrogen and oxygen atoms in total. The summed E-state index contributed by atoms with van der Waals surface area (Å²) in [6.07, 6.45) is 5.71. The molecule has 0 spiro atoms. The minimum Gasteiger partial charge on any atom is -0.358 e. The predicted molar refractivity (Wildman–Crippen MR) is 50.5 cm³/mol. The Hall–Kier alpha value is -0.830. The molecule has 1 unspecified atom stereocenters. The van der Waals surface area contributed by atoms with Crippen LogP contribution in [0.25, 0.3) is 0 Å². The highest BCUT2D eigenvalue weighted by Crippen LogP contribution is 2.24. The lowest BCUT2D eigenvalue weighted by molar-refractivity contribution is -0.0331. The van der Waals surface area contributed by atoms with Crippen LogP contribution in [0.4, 0.5) is 0 Å². The van der Waals surface area contributed by atoms with Gasteiger partial charge in [0.15, 0.2) is 0 Å². The first-order chi connectivity index (χ1) is 6.29. The molecular weight excluding hydrogens is 164 g/mol. The van der Waals surface area contributed by atoms with Crippen LogP contribution >= 0.6 is 0 Å². The standard InChI is InChI=1S/C10H16N2O/c1-8-9(2)12(7-11-8)10-5-3-4-6-13-10/h7,10H,3-6H2,1-2H3. The number of imidazole rings is 1. The van der Waals surface area contributed by atoms with Crippen molar-refractivity contribution in [1.29, 1.82) is 0 Å². The van der Waals surface area contributed by atoms with Crippen LogP contribution in [0.3, 0.4) is 0 Å². The Morgan fingerprint density at radius 1 is 1.46 bits per heavy atom. The average molecular weight is 180 g/mol. The minimum atomic E-state index is 0.231. The van der Waals surface area contributed by atoms with Gasteiger partial charge in [-0.15, -0.1) is 0 Å². The van der Waals surface area contributed by atoms with Gasteiger partial charge in [-0.25, -0.2) is 4.98 Å². The number of ether oxygens (including phenoxy) is 1. The van der Waals surface area contributed by atoms with E-state index >= 15 is 0 Å². The number of hydrogen-bond acceptors (Lipinski definition) is 2. The molecule has 0 aromatic carbocycles. The van der Waals surface area contributed by atoms with Gasteiger partial charge in [-0.2, -0.15) is 0 Å². The molecule has 0 saturated carbocycles. The Balaban J connectivity index is 2.18. The fraction of sp³-hybridized carbons (Fsp3) is 0.700. The van der Waals surface area contributed by atoms with Crippen molar-refractivity contribution in [2.75, 3.05) is 6.61 Å². The van der Waals surface area contributed by atoms with E-state index in [0.29, 0.717) is 0 Å². The molecule has 0 aliphatic carbocycles. The summed E-state index contributed by atoms with van der Waals surface area (Å²) in [6, 6.07) is 0. The second-order valence-electron chi connectivity index (χ2n) is 3.64. The summed E-state index contributed by atoms with van der Waals surface area (Å²) < 4.78 is 7.83. The van der Waals surface area contributed by atoms with Crippen molar-refractivity contribution in [2.45, 2.75) is 39.3 Å². The molecule has 1 atom stereocenters. The molecule has 2 rings (SSSR count). The smallest absolute Gasteiger partial charge is 0.135 e. The second-order valence-corrected chi connectivity index (χ2v) is 3.64. The normalized spacial score (nSPS) is 23.4. The van der Waals surface area contributed by atoms with Crippen LogP contribution in [0.1, 0.15) is 36.9 Å². The number of hydrogen-bond donors (Lipinski definition) is 0. The summed E-state index contributed by atoms with van der Waals surface area (Å²) >= 11 is 0. The molecule has 0 bridgehead atoms. The lowest BCUT2D eigenvalue weighted by atomic mass is 10.2. The van der Waals surface area contributed by atoms with Crippen molar-refractivity contribution >= 4 is 0 Å². The fourth-order valence-electron chi connectivity index (χ4n) is 1.75. The molecule has 1 saturated heterocycles. The van der Waals surface area contributed by atoms with Gasteiger partial charge in [-0.3, -0.25) is 0 Å². The summed E-state index contributed by atoms with van der Waals surface area (Å²) in [5, 5.41) is 0. The highest BCUT2D eigenvalue weighted by Gasteiger charge is 2.17. The molecule has 0 radical (unpaired) electrons. The summed E-state index contributed by atoms with van der Waals surface area (Å²) in [4.78, 5) is 4.27. The average Bonchev–Trinajstić information content (AvgIpc) is 2.49. The Morgan fingerprint density at radius 3 is 2.85 bits per heavy atom. The van der Waals surface area contributed by atoms with Crippen molar-refractivity contribution in [3.63, 3.8) is 0 Å². The van der Waals surface area contributed by atoms with Crippen LogP contribution in [-0.2, 0) is 4.74 Å². The van der Waals surface area contributed by atoms with Crippen molar-refractivity contribution in [1.82, 2.24) is 9.55 Å². The van der Waals surface area contributed by atoms with E-state index in [2.05, 4.69) is 16.5 Å². The maximum Gasteiger partial charge on any atom is 0.135 e. The Bertz CT molecular complexity index is 287. The van der Waals surface area contributed by atoms with Crippen LogP contribution in [0.2, 0.25) is 0 Å². The monoisotopic (exact) mass is 180 g/mol. The molecule has 0 N–H and O–H groups in total. The number of rotatable bonds is 1. The van der Waals surface area contributed by atoms with E-state index in [9.17, 15) is 0 Å². The predicted octanol–water partition coefficient (Wildman–Crippen LogP) is 2.20. The van der Waals surface area contributed by atoms with E-state index in [4.69, 9.17) is 4.74 Å². The number of aromatic nitrogens is 2. The van der Waals surface area contributed by atoms with Crippen LogP contribution in [0.15, 0.2) is 6.33 Å². The van der Waals surface area contributed by atoms with E-state index < -0.39 is 0 Å². The second kappa shape index (κ2) is 3.50. The van der Waals surface area contributed by atoms with Crippen molar-refractivity contribution < 1.29 is 4.74 Å². The molecule has 13 heavy (non-hydrogen) atoms. The SMILES string of the molecule is Cc1ncn(C2CCCCO2)c1C. The first-order valence-electron chi connectivity index (χ1n) is 4.90. The highest BCUT2D eigenvalue weighted by atomic mass is 16.5. The lowest BCUT2D eigenvalue weighted by Gasteiger charge is -2.24. The lowest BCUT2D eigenvalue weighted by Crippen LogP contribution is -2.18. The third-order valence-electron chi connectivity index (χ3n) is 2.75. The first-order valence-corrected chi connectivity index (χ1v) is 4.90. The molecule has 1 aromatic heterocycles. The molecule has 0 amide bonds. The molecule has 1 aliphatic heterocycles. The van der Waals surface area contributed by atoms with Crippen molar-refractivity contribution in [2.24, 2.45) is 0 Å². The zero-order valence-electron chi connectivity index (χ0n) is 8.29. The van der Waals surface area contributed by atoms with Gasteiger partial charge in [0.05, 0.1) is 12.0 Å². The first kappa shape index (κ1) is 8.75. The zero-order valence-corrected chi connectivity index (χ0v) is 8.29. The summed E-state index contributed by atoms with van der Waals surface area (Å²) in [6.45, 7) is 5.02. The third kappa shape index (κ3) is 1.61. The maximum atomic E-state index is 5.68. The maximum absolute atomic E-state index is 5.68. The molecule has 3 heteroatoms. The van der Waals surface area contributed by atoms with Gasteiger partial charge in [0.2, 0.25) is 0 Å². The number of aryl methyl sites for hydroxylation is 1. The largest absolute Gasteiger partial charge is 0.358 e. The third-order valence-corrected chi connectivity index (χ3v) is 2.75. The van der Waals surface area contributed by atoms with Crippen molar-refractivity contribution in [3.05, 3.63) is 17.7 Å². The minimum absolute atomic E-state index is 0.231. The van der Waals surface area contributed by atoms with Gasteiger partial charge in [0.25, 0.3) is 0 Å². The summed E-state index contributed by atoms with van der Waals surface area (Å²) in [5.74, 6) is 0. The van der Waals surface area contributed by atoms with E-state index in [1.807, 2.05) is 13.3 Å². The quantitative estimate of drug-likeness (QED) is 0.662. The van der Waals surface area contributed by atoms with Gasteiger partial charge < -0.3 is 9.30 Å². The molecule has 2 heterocycles. The topological polar surface area (TPSA) is 27.1 Å². The van der Waals surface area contributed by atoms with Gasteiger partial charge in [0, 0.05) is 12.3 Å². The molecular formula is C10H16N2O. The van der Waals surface area contributed by atoms with Crippen LogP contribution in [-0.4, -0.2) is 16.2 Å². The Morgan fingerprint density at radius 2 is 2.31 bits per heavy atom. The van der Waals surface area contributed by atoms with Crippen LogP contribution in [0, 0.1) is 13.8 Å². The van der Waals surface area contributed by atoms with Crippen LogP contribution < -0.4 is 0 Å². The fourth-order valence-corrected chi connectivity index (χ4v) is 1.75. The Labute approximate surface area is 78.7 Å². The molecule has 1 fully saturated rings. The zero-order chi connectivity index (χ0) is 9.26. The van der Waals surface area contributed by atoms with E-state index in [1.165, 1.54) is 18.5 Å². The Kier molecular flexibility index (Phi) is 2.36. The van der Waals surface area contributed by atoms with Gasteiger partial charge in [0.1, 0.15) is 6.23 Å². The van der Waals surface area contributed by atoms with Gasteiger partial charge in [-0.1, -0.05) is 0 Å². The van der Waals surface area contributed by atoms with Crippen molar-refractivity contribution in [3.8, 4) is 0 Å². The van der Waals surface area contributed by atoms with E-state index in [1.54, 1.807) is 0 Å². The number of nitrogens with zero attached hydrogens (tertiary/aromatic N) is 2. The molecule has 1 aromatic rings. The summed E-state index contributed by atoms with van der Waals surface area (Å²) in [5.41, 5.74) is 2.33. The summed E-state index contributed by atoms with van der Waals surface area (Å²) in [7, 11) is 0. The van der Waals surface area contributed by atoms with E-state index in [0.717, 1.165) is 18.7 Å². The van der Waals surface area contributed by atoms with Gasteiger partial charge in [-0.05, 0) is 33.1 Å². The molecule has 72 valence electrons. The van der Waals surface area contributed by atoms with Crippen LogP contribution in [0.5, 0.6) is 0 Å². The van der Waals surface area contributed by atoms with Gasteiger partial charge >= 0.3 is 0 Å². The highest BCUT2D eigenvalue weighted by molar-refractivity contribution is 5.09.